The fourth-order valence-electron chi connectivity index (χ4n) is 2.40. The first-order valence-corrected chi connectivity index (χ1v) is 6.28. The van der Waals surface area contributed by atoms with Gasteiger partial charge < -0.3 is 10.1 Å². The van der Waals surface area contributed by atoms with Gasteiger partial charge in [0.05, 0.1) is 13.0 Å². The van der Waals surface area contributed by atoms with Crippen molar-refractivity contribution in [2.45, 2.75) is 12.8 Å². The molecule has 1 aliphatic heterocycles. The Bertz CT molecular complexity index is 649. The molecule has 0 radical (unpaired) electrons. The smallest absolute Gasteiger partial charge is 0.231 e. The zero-order chi connectivity index (χ0) is 13.4. The summed E-state index contributed by atoms with van der Waals surface area (Å²) in [6, 6.07) is 14.0. The third kappa shape index (κ3) is 1.97. The predicted molar refractivity (Wildman–Crippen MR) is 75.5 cm³/mol. The lowest BCUT2D eigenvalue weighted by atomic mass is 9.97. The number of carbonyl (C=O) groups excluding carboxylic acids is 1. The number of hydrogen-bond donors (Lipinski definition) is 1. The molecule has 0 saturated carbocycles. The van der Waals surface area contributed by atoms with Crippen molar-refractivity contribution in [2.24, 2.45) is 0 Å². The van der Waals surface area contributed by atoms with E-state index in [1.807, 2.05) is 43.3 Å². The van der Waals surface area contributed by atoms with Gasteiger partial charge in [-0.25, -0.2) is 0 Å². The summed E-state index contributed by atoms with van der Waals surface area (Å²) in [4.78, 5) is 11.6. The highest BCUT2D eigenvalue weighted by atomic mass is 16.5. The molecule has 1 amide bonds. The van der Waals surface area contributed by atoms with E-state index >= 15 is 0 Å². The Labute approximate surface area is 112 Å². The number of amides is 1. The number of ether oxygens (including phenoxy) is 1. The highest BCUT2D eigenvalue weighted by molar-refractivity contribution is 6.03. The largest absolute Gasteiger partial charge is 0.497 e. The molecule has 1 atom stereocenters. The van der Waals surface area contributed by atoms with Crippen molar-refractivity contribution in [3.63, 3.8) is 0 Å². The fraction of sp³-hybridized carbons (Fsp3) is 0.188. The number of hydrogen-bond acceptors (Lipinski definition) is 2. The first-order valence-electron chi connectivity index (χ1n) is 6.28. The van der Waals surface area contributed by atoms with Gasteiger partial charge in [0.15, 0.2) is 0 Å². The number of anilines is 1. The number of benzene rings is 2. The number of methoxy groups -OCH3 is 1. The summed E-state index contributed by atoms with van der Waals surface area (Å²) in [6.45, 7) is 1.93. The summed E-state index contributed by atoms with van der Waals surface area (Å²) in [5.74, 6) is 0.818. The molecule has 3 rings (SSSR count). The summed E-state index contributed by atoms with van der Waals surface area (Å²) in [6.07, 6.45) is 0. The summed E-state index contributed by atoms with van der Waals surface area (Å²) in [5.41, 5.74) is 4.17. The number of rotatable bonds is 2. The molecule has 1 heterocycles. The van der Waals surface area contributed by atoms with E-state index in [1.54, 1.807) is 7.11 Å². The second kappa shape index (κ2) is 4.43. The first-order chi connectivity index (χ1) is 9.19. The molecular formula is C16H15NO2. The van der Waals surface area contributed by atoms with E-state index in [2.05, 4.69) is 11.4 Å². The Morgan fingerprint density at radius 1 is 1.11 bits per heavy atom. The molecule has 3 nitrogen and oxygen atoms in total. The third-order valence-electron chi connectivity index (χ3n) is 3.57. The Hall–Kier alpha value is -2.29. The van der Waals surface area contributed by atoms with Gasteiger partial charge in [0.1, 0.15) is 5.75 Å². The molecule has 2 aromatic carbocycles. The van der Waals surface area contributed by atoms with Crippen LogP contribution in [0.2, 0.25) is 0 Å². The van der Waals surface area contributed by atoms with Crippen molar-refractivity contribution < 1.29 is 9.53 Å². The van der Waals surface area contributed by atoms with E-state index in [0.717, 1.165) is 28.1 Å². The van der Waals surface area contributed by atoms with Crippen molar-refractivity contribution >= 4 is 11.6 Å². The second-order valence-corrected chi connectivity index (χ2v) is 4.74. The maximum Gasteiger partial charge on any atom is 0.231 e. The lowest BCUT2D eigenvalue weighted by molar-refractivity contribution is -0.116. The Kier molecular flexibility index (Phi) is 2.75. The van der Waals surface area contributed by atoms with Crippen LogP contribution < -0.4 is 10.1 Å². The maximum absolute atomic E-state index is 11.6. The van der Waals surface area contributed by atoms with Gasteiger partial charge in [-0.1, -0.05) is 18.2 Å². The van der Waals surface area contributed by atoms with Crippen LogP contribution in [0.25, 0.3) is 11.1 Å². The molecule has 0 fully saturated rings. The second-order valence-electron chi connectivity index (χ2n) is 4.74. The van der Waals surface area contributed by atoms with Crippen LogP contribution in [0, 0.1) is 0 Å². The molecule has 1 aliphatic rings. The minimum atomic E-state index is -0.0828. The van der Waals surface area contributed by atoms with Gasteiger partial charge in [-0.2, -0.15) is 0 Å². The molecule has 0 aromatic heterocycles. The van der Waals surface area contributed by atoms with Crippen LogP contribution in [0.4, 0.5) is 5.69 Å². The van der Waals surface area contributed by atoms with Gasteiger partial charge in [-0.05, 0) is 47.9 Å². The fourth-order valence-corrected chi connectivity index (χ4v) is 2.40. The normalized spacial score (nSPS) is 16.9. The average molecular weight is 253 g/mol. The third-order valence-corrected chi connectivity index (χ3v) is 3.57. The van der Waals surface area contributed by atoms with E-state index in [1.165, 1.54) is 0 Å². The molecule has 2 aromatic rings. The molecule has 3 heteroatoms. The van der Waals surface area contributed by atoms with Crippen LogP contribution in [0.1, 0.15) is 18.4 Å². The van der Waals surface area contributed by atoms with Crippen molar-refractivity contribution in [3.8, 4) is 16.9 Å². The number of carbonyl (C=O) groups is 1. The van der Waals surface area contributed by atoms with Crippen LogP contribution >= 0.6 is 0 Å². The van der Waals surface area contributed by atoms with Crippen molar-refractivity contribution in [1.29, 1.82) is 0 Å². The quantitative estimate of drug-likeness (QED) is 0.890. The van der Waals surface area contributed by atoms with E-state index in [9.17, 15) is 4.79 Å². The lowest BCUT2D eigenvalue weighted by Crippen LogP contribution is -2.08. The molecule has 0 aliphatic carbocycles. The average Bonchev–Trinajstić information content (AvgIpc) is 2.74. The van der Waals surface area contributed by atoms with Crippen molar-refractivity contribution in [3.05, 3.63) is 48.0 Å². The summed E-state index contributed by atoms with van der Waals surface area (Å²) in [7, 11) is 1.66. The molecule has 0 bridgehead atoms. The van der Waals surface area contributed by atoms with E-state index in [4.69, 9.17) is 4.74 Å². The van der Waals surface area contributed by atoms with Gasteiger partial charge >= 0.3 is 0 Å². The van der Waals surface area contributed by atoms with Crippen molar-refractivity contribution in [1.82, 2.24) is 0 Å². The minimum absolute atomic E-state index is 0.0674. The predicted octanol–water partition coefficient (Wildman–Crippen LogP) is 3.42. The molecule has 19 heavy (non-hydrogen) atoms. The summed E-state index contributed by atoms with van der Waals surface area (Å²) in [5, 5.41) is 2.88. The molecule has 0 spiro atoms. The van der Waals surface area contributed by atoms with Crippen LogP contribution in [0.5, 0.6) is 5.75 Å². The van der Waals surface area contributed by atoms with Gasteiger partial charge in [0, 0.05) is 5.69 Å². The Morgan fingerprint density at radius 2 is 1.89 bits per heavy atom. The molecule has 1 unspecified atom stereocenters. The Morgan fingerprint density at radius 3 is 2.68 bits per heavy atom. The first kappa shape index (κ1) is 11.8. The number of fused-ring (bicyclic) bond motifs is 1. The van der Waals surface area contributed by atoms with Crippen molar-refractivity contribution in [2.75, 3.05) is 12.4 Å². The van der Waals surface area contributed by atoms with E-state index in [0.29, 0.717) is 0 Å². The molecule has 1 N–H and O–H groups in total. The van der Waals surface area contributed by atoms with Crippen LogP contribution in [0.15, 0.2) is 42.5 Å². The number of nitrogens with one attached hydrogen (secondary N) is 1. The van der Waals surface area contributed by atoms with Crippen LogP contribution in [-0.4, -0.2) is 13.0 Å². The lowest BCUT2D eigenvalue weighted by Gasteiger charge is -2.08. The minimum Gasteiger partial charge on any atom is -0.497 e. The van der Waals surface area contributed by atoms with Crippen LogP contribution in [0.3, 0.4) is 0 Å². The topological polar surface area (TPSA) is 38.3 Å². The zero-order valence-electron chi connectivity index (χ0n) is 10.9. The van der Waals surface area contributed by atoms with E-state index < -0.39 is 0 Å². The monoisotopic (exact) mass is 253 g/mol. The SMILES string of the molecule is COc1cccc(-c2ccc3c(c2)C(C)C(=O)N3)c1. The highest BCUT2D eigenvalue weighted by Crippen LogP contribution is 2.35. The standard InChI is InChI=1S/C16H15NO2/c1-10-14-9-12(6-7-15(14)17-16(10)18)11-4-3-5-13(8-11)19-2/h3-10H,1-2H3,(H,17,18). The maximum atomic E-state index is 11.6. The van der Waals surface area contributed by atoms with Gasteiger partial charge in [-0.15, -0.1) is 0 Å². The molecule has 96 valence electrons. The zero-order valence-corrected chi connectivity index (χ0v) is 10.9. The molecule has 0 saturated heterocycles. The summed E-state index contributed by atoms with van der Waals surface area (Å²) < 4.78 is 5.24. The van der Waals surface area contributed by atoms with Gasteiger partial charge in [0.25, 0.3) is 0 Å². The van der Waals surface area contributed by atoms with Crippen LogP contribution in [-0.2, 0) is 4.79 Å². The van der Waals surface area contributed by atoms with Gasteiger partial charge in [0.2, 0.25) is 5.91 Å². The summed E-state index contributed by atoms with van der Waals surface area (Å²) >= 11 is 0. The van der Waals surface area contributed by atoms with E-state index in [-0.39, 0.29) is 11.8 Å². The highest BCUT2D eigenvalue weighted by Gasteiger charge is 2.26. The Balaban J connectivity index is 2.05. The van der Waals surface area contributed by atoms with Gasteiger partial charge in [-0.3, -0.25) is 4.79 Å². The molecular weight excluding hydrogens is 238 g/mol.